The van der Waals surface area contributed by atoms with Crippen LogP contribution in [0.1, 0.15) is 29.8 Å². The lowest BCUT2D eigenvalue weighted by molar-refractivity contribution is 0.0941. The van der Waals surface area contributed by atoms with Gasteiger partial charge in [0.1, 0.15) is 24.6 Å². The Bertz CT molecular complexity index is 1950. The number of piperazine rings is 1. The summed E-state index contributed by atoms with van der Waals surface area (Å²) >= 11 is 0. The number of aromatic nitrogens is 6. The van der Waals surface area contributed by atoms with Gasteiger partial charge >= 0.3 is 12.1 Å². The highest BCUT2D eigenvalue weighted by atomic mass is 16.6. The van der Waals surface area contributed by atoms with E-state index < -0.39 is 0 Å². The fraction of sp³-hybridized carbons (Fsp3) is 0.394. The number of H-pyrrole nitrogens is 1. The highest BCUT2D eigenvalue weighted by molar-refractivity contribution is 5.90. The van der Waals surface area contributed by atoms with Gasteiger partial charge in [-0.1, -0.05) is 36.4 Å². The Balaban J connectivity index is 1.22. The van der Waals surface area contributed by atoms with Crippen LogP contribution in [0.4, 0.5) is 10.6 Å². The van der Waals surface area contributed by atoms with E-state index in [1.165, 1.54) is 0 Å². The highest BCUT2D eigenvalue weighted by Gasteiger charge is 2.28. The topological polar surface area (TPSA) is 135 Å². The summed E-state index contributed by atoms with van der Waals surface area (Å²) in [4.78, 5) is 47.6. The second-order valence-electron chi connectivity index (χ2n) is 12.0. The average Bonchev–Trinajstić information content (AvgIpc) is 3.72. The van der Waals surface area contributed by atoms with Crippen LogP contribution >= 0.6 is 0 Å². The molecule has 46 heavy (non-hydrogen) atoms. The maximum Gasteiger partial charge on any atom is 0.410 e. The fourth-order valence-electron chi connectivity index (χ4n) is 6.37. The van der Waals surface area contributed by atoms with Crippen molar-refractivity contribution in [2.75, 3.05) is 51.3 Å². The Morgan fingerprint density at radius 3 is 2.54 bits per heavy atom. The van der Waals surface area contributed by atoms with Crippen LogP contribution in [0.2, 0.25) is 0 Å². The van der Waals surface area contributed by atoms with Crippen molar-refractivity contribution in [2.24, 2.45) is 0 Å². The van der Waals surface area contributed by atoms with E-state index in [-0.39, 0.29) is 35.8 Å². The van der Waals surface area contributed by atoms with Crippen molar-refractivity contribution in [2.45, 2.75) is 39.3 Å². The summed E-state index contributed by atoms with van der Waals surface area (Å²) in [7, 11) is 2.09. The molecule has 1 N–H and O–H groups in total. The van der Waals surface area contributed by atoms with Gasteiger partial charge in [-0.2, -0.15) is 15.1 Å². The number of carbonyl (C=O) groups excluding carboxylic acids is 1. The number of carbonyl (C=O) groups is 1. The van der Waals surface area contributed by atoms with Crippen molar-refractivity contribution in [3.63, 3.8) is 0 Å². The van der Waals surface area contributed by atoms with Gasteiger partial charge in [0.2, 0.25) is 0 Å². The van der Waals surface area contributed by atoms with Crippen molar-refractivity contribution >= 4 is 33.8 Å². The molecular formula is C33H37N9O4. The quantitative estimate of drug-likeness (QED) is 0.287. The third-order valence-corrected chi connectivity index (χ3v) is 8.99. The van der Waals surface area contributed by atoms with Crippen LogP contribution in [-0.2, 0) is 11.3 Å². The first-order valence-electron chi connectivity index (χ1n) is 15.7. The number of likely N-dealkylation sites (tertiary alicyclic amines) is 1. The number of nitrogens with one attached hydrogen (secondary N) is 1. The molecule has 1 amide bonds. The lowest BCUT2D eigenvalue weighted by atomic mass is 10.1. The van der Waals surface area contributed by atoms with Gasteiger partial charge in [-0.3, -0.25) is 14.5 Å². The van der Waals surface area contributed by atoms with Crippen LogP contribution < -0.4 is 15.2 Å². The summed E-state index contributed by atoms with van der Waals surface area (Å²) in [6.45, 7) is 7.24. The van der Waals surface area contributed by atoms with Crippen LogP contribution in [0, 0.1) is 13.8 Å². The Hall–Kier alpha value is -5.04. The summed E-state index contributed by atoms with van der Waals surface area (Å²) < 4.78 is 13.3. The Labute approximate surface area is 265 Å². The van der Waals surface area contributed by atoms with Crippen LogP contribution in [0.3, 0.4) is 0 Å². The van der Waals surface area contributed by atoms with Crippen molar-refractivity contribution < 1.29 is 14.3 Å². The summed E-state index contributed by atoms with van der Waals surface area (Å²) in [5, 5.41) is 8.01. The molecule has 2 aromatic carbocycles. The Morgan fingerprint density at radius 2 is 1.78 bits per heavy atom. The van der Waals surface area contributed by atoms with E-state index in [1.807, 2.05) is 61.2 Å². The molecule has 7 rings (SSSR count). The van der Waals surface area contributed by atoms with Crippen molar-refractivity contribution in [3.05, 3.63) is 76.0 Å². The molecule has 0 radical (unpaired) electrons. The molecule has 13 nitrogen and oxygen atoms in total. The number of hydrogen-bond donors (Lipinski definition) is 1. The van der Waals surface area contributed by atoms with Crippen molar-refractivity contribution in [1.82, 2.24) is 39.5 Å². The fourth-order valence-corrected chi connectivity index (χ4v) is 6.37. The lowest BCUT2D eigenvalue weighted by Gasteiger charge is -2.35. The number of aromatic amines is 1. The summed E-state index contributed by atoms with van der Waals surface area (Å²) in [5.41, 5.74) is 3.64. The molecule has 2 fully saturated rings. The van der Waals surface area contributed by atoms with Crippen LogP contribution in [0.25, 0.3) is 27.6 Å². The van der Waals surface area contributed by atoms with Gasteiger partial charge in [0.05, 0.1) is 17.4 Å². The smallest absolute Gasteiger partial charge is 0.410 e. The molecule has 2 aliphatic heterocycles. The number of rotatable bonds is 7. The van der Waals surface area contributed by atoms with Crippen molar-refractivity contribution in [3.8, 4) is 11.7 Å². The predicted octanol–water partition coefficient (Wildman–Crippen LogP) is 3.60. The maximum atomic E-state index is 14.3. The second-order valence-corrected chi connectivity index (χ2v) is 12.0. The minimum atomic E-state index is -0.360. The Morgan fingerprint density at radius 1 is 0.978 bits per heavy atom. The van der Waals surface area contributed by atoms with E-state index in [0.717, 1.165) is 41.4 Å². The minimum Gasteiger partial charge on any atom is -0.462 e. The molecule has 5 aromatic rings. The third-order valence-electron chi connectivity index (χ3n) is 8.99. The van der Waals surface area contributed by atoms with Gasteiger partial charge in [0, 0.05) is 37.6 Å². The normalized spacial score (nSPS) is 17.2. The maximum absolute atomic E-state index is 14.3. The van der Waals surface area contributed by atoms with Gasteiger partial charge in [0.15, 0.2) is 11.3 Å². The van der Waals surface area contributed by atoms with E-state index >= 15 is 0 Å². The molecule has 1 atom stereocenters. The van der Waals surface area contributed by atoms with E-state index in [2.05, 4.69) is 27.1 Å². The van der Waals surface area contributed by atoms with E-state index in [0.29, 0.717) is 55.6 Å². The Kier molecular flexibility index (Phi) is 7.99. The predicted molar refractivity (Wildman–Crippen MR) is 174 cm³/mol. The van der Waals surface area contributed by atoms with Gasteiger partial charge in [-0.15, -0.1) is 0 Å². The average molecular weight is 624 g/mol. The standard InChI is InChI=1S/C33H37N9O4/c1-21-11-12-26-25(18-34-38-26)29(21)42-22(2)35-27-28(31(42)43)36-32(45-20-24-10-7-13-39(24)3)37-30(27)40-14-16-41(17-15-40)33(44)46-19-23-8-5-4-6-9-23/h4-6,8-9,11-12,18,24H,7,10,13-17,19-20H2,1-3H3,(H,34,38)/t24-/m0/s1. The molecular weight excluding hydrogens is 586 g/mol. The molecule has 238 valence electrons. The number of likely N-dealkylation sites (N-methyl/N-ethyl adjacent to an activating group) is 1. The third kappa shape index (κ3) is 5.62. The number of benzene rings is 2. The first kappa shape index (κ1) is 29.7. The molecule has 0 spiro atoms. The molecule has 13 heteroatoms. The summed E-state index contributed by atoms with van der Waals surface area (Å²) in [6, 6.07) is 13.9. The van der Waals surface area contributed by atoms with Crippen LogP contribution in [-0.4, -0.2) is 98.0 Å². The number of anilines is 1. The minimum absolute atomic E-state index is 0.139. The van der Waals surface area contributed by atoms with Crippen LogP contribution in [0.15, 0.2) is 53.5 Å². The molecule has 2 saturated heterocycles. The second kappa shape index (κ2) is 12.4. The van der Waals surface area contributed by atoms with Gasteiger partial charge in [-0.25, -0.2) is 9.78 Å². The molecule has 0 aliphatic carbocycles. The van der Waals surface area contributed by atoms with E-state index in [1.54, 1.807) is 15.7 Å². The number of amides is 1. The number of aryl methyl sites for hydroxylation is 2. The monoisotopic (exact) mass is 623 g/mol. The number of hydrogen-bond acceptors (Lipinski definition) is 10. The number of nitrogens with zero attached hydrogens (tertiary/aromatic N) is 8. The SMILES string of the molecule is Cc1ccc2[nH]ncc2c1-n1c(C)nc2c(N3CCN(C(=O)OCc4ccccc4)CC3)nc(OC[C@@H]3CCCN3C)nc2c1=O. The van der Waals surface area contributed by atoms with Gasteiger partial charge in [0.25, 0.3) is 5.56 Å². The van der Waals surface area contributed by atoms with Gasteiger partial charge in [-0.05, 0) is 57.5 Å². The van der Waals surface area contributed by atoms with Crippen LogP contribution in [0.5, 0.6) is 6.01 Å². The summed E-state index contributed by atoms with van der Waals surface area (Å²) in [5.74, 6) is 1.02. The first-order chi connectivity index (χ1) is 22.4. The molecule has 0 bridgehead atoms. The zero-order valence-electron chi connectivity index (χ0n) is 26.3. The molecule has 2 aliphatic rings. The van der Waals surface area contributed by atoms with E-state index in [4.69, 9.17) is 19.4 Å². The first-order valence-corrected chi connectivity index (χ1v) is 15.7. The van der Waals surface area contributed by atoms with Crippen molar-refractivity contribution in [1.29, 1.82) is 0 Å². The molecule has 0 saturated carbocycles. The zero-order valence-corrected chi connectivity index (χ0v) is 26.3. The molecule has 3 aromatic heterocycles. The highest BCUT2D eigenvalue weighted by Crippen LogP contribution is 2.29. The molecule has 5 heterocycles. The lowest BCUT2D eigenvalue weighted by Crippen LogP contribution is -2.49. The number of ether oxygens (including phenoxy) is 2. The van der Waals surface area contributed by atoms with E-state index in [9.17, 15) is 9.59 Å². The summed E-state index contributed by atoms with van der Waals surface area (Å²) in [6.07, 6.45) is 3.50. The largest absolute Gasteiger partial charge is 0.462 e. The molecule has 0 unspecified atom stereocenters. The zero-order chi connectivity index (χ0) is 31.8. The number of fused-ring (bicyclic) bond motifs is 2. The van der Waals surface area contributed by atoms with Gasteiger partial charge < -0.3 is 24.2 Å².